The van der Waals surface area contributed by atoms with Crippen LogP contribution >= 0.6 is 11.8 Å². The summed E-state index contributed by atoms with van der Waals surface area (Å²) in [6.07, 6.45) is 1.49. The first-order valence-corrected chi connectivity index (χ1v) is 10.9. The van der Waals surface area contributed by atoms with Crippen LogP contribution in [-0.4, -0.2) is 76.0 Å². The quantitative estimate of drug-likeness (QED) is 0.197. The Morgan fingerprint density at radius 2 is 1.37 bits per heavy atom. The fourth-order valence-corrected chi connectivity index (χ4v) is 2.90. The lowest BCUT2D eigenvalue weighted by Crippen LogP contribution is -2.57. The first kappa shape index (κ1) is 27.7. The minimum Gasteiger partial charge on any atom is -0.481 e. The summed E-state index contributed by atoms with van der Waals surface area (Å²) in [5, 5.41) is 25.4. The molecule has 0 heterocycles. The van der Waals surface area contributed by atoms with Crippen LogP contribution in [0, 0.1) is 5.92 Å². The zero-order valence-electron chi connectivity index (χ0n) is 17.6. The van der Waals surface area contributed by atoms with Crippen molar-refractivity contribution in [1.29, 1.82) is 0 Å². The summed E-state index contributed by atoms with van der Waals surface area (Å²) in [4.78, 5) is 59.5. The summed E-state index contributed by atoms with van der Waals surface area (Å²) >= 11 is 1.42. The van der Waals surface area contributed by atoms with E-state index < -0.39 is 60.2 Å². The lowest BCUT2D eigenvalue weighted by Gasteiger charge is -2.24. The van der Waals surface area contributed by atoms with E-state index >= 15 is 0 Å². The summed E-state index contributed by atoms with van der Waals surface area (Å²) in [5.74, 6) is -4.31. The van der Waals surface area contributed by atoms with Crippen LogP contribution in [0.4, 0.5) is 0 Å². The molecule has 3 amide bonds. The van der Waals surface area contributed by atoms with E-state index in [2.05, 4.69) is 16.0 Å². The number of nitrogens with two attached hydrogens (primary N) is 1. The molecule has 0 aliphatic rings. The Labute approximate surface area is 179 Å². The highest BCUT2D eigenvalue weighted by Gasteiger charge is 2.31. The molecule has 0 aromatic carbocycles. The van der Waals surface area contributed by atoms with Gasteiger partial charge in [-0.15, -0.1) is 0 Å². The molecule has 0 radical (unpaired) electrons. The Kier molecular flexibility index (Phi) is 12.7. The SMILES string of the molecule is CSCCC(NC(=O)C(CC(=O)O)NC(=O)C(C)N)C(=O)NC(CC(C)C)C(=O)O. The van der Waals surface area contributed by atoms with E-state index in [4.69, 9.17) is 10.8 Å². The van der Waals surface area contributed by atoms with Gasteiger partial charge in [0.25, 0.3) is 0 Å². The molecule has 0 rings (SSSR count). The van der Waals surface area contributed by atoms with Crippen LogP contribution < -0.4 is 21.7 Å². The smallest absolute Gasteiger partial charge is 0.326 e. The van der Waals surface area contributed by atoms with Crippen molar-refractivity contribution in [3.8, 4) is 0 Å². The highest BCUT2D eigenvalue weighted by molar-refractivity contribution is 7.98. The monoisotopic (exact) mass is 448 g/mol. The maximum absolute atomic E-state index is 12.6. The highest BCUT2D eigenvalue weighted by atomic mass is 32.2. The summed E-state index contributed by atoms with van der Waals surface area (Å²) in [7, 11) is 0. The van der Waals surface area contributed by atoms with Crippen LogP contribution in [0.3, 0.4) is 0 Å². The predicted octanol–water partition coefficient (Wildman–Crippen LogP) is -0.853. The Morgan fingerprint density at radius 1 is 0.867 bits per heavy atom. The van der Waals surface area contributed by atoms with Gasteiger partial charge in [0.15, 0.2) is 0 Å². The molecule has 4 unspecified atom stereocenters. The average Bonchev–Trinajstić information content (AvgIpc) is 2.62. The van der Waals surface area contributed by atoms with Crippen LogP contribution in [0.25, 0.3) is 0 Å². The summed E-state index contributed by atoms with van der Waals surface area (Å²) in [5.41, 5.74) is 5.44. The Morgan fingerprint density at radius 3 is 1.80 bits per heavy atom. The highest BCUT2D eigenvalue weighted by Crippen LogP contribution is 2.08. The van der Waals surface area contributed by atoms with E-state index in [-0.39, 0.29) is 18.8 Å². The van der Waals surface area contributed by atoms with Crippen molar-refractivity contribution in [2.75, 3.05) is 12.0 Å². The van der Waals surface area contributed by atoms with Crippen molar-refractivity contribution in [2.45, 2.75) is 64.2 Å². The number of nitrogens with one attached hydrogen (secondary N) is 3. The molecular formula is C18H32N4O7S. The molecule has 0 saturated heterocycles. The van der Waals surface area contributed by atoms with Crippen molar-refractivity contribution in [1.82, 2.24) is 16.0 Å². The number of hydrogen-bond acceptors (Lipinski definition) is 7. The summed E-state index contributed by atoms with van der Waals surface area (Å²) < 4.78 is 0. The average molecular weight is 449 g/mol. The Bertz CT molecular complexity index is 628. The van der Waals surface area contributed by atoms with Crippen LogP contribution in [0.2, 0.25) is 0 Å². The maximum Gasteiger partial charge on any atom is 0.326 e. The molecular weight excluding hydrogens is 416 g/mol. The molecule has 0 aliphatic carbocycles. The van der Waals surface area contributed by atoms with Crippen LogP contribution in [0.1, 0.15) is 40.0 Å². The van der Waals surface area contributed by atoms with Gasteiger partial charge in [0, 0.05) is 0 Å². The van der Waals surface area contributed by atoms with Gasteiger partial charge in [-0.3, -0.25) is 19.2 Å². The standard InChI is InChI=1S/C18H32N4O7S/c1-9(2)7-13(18(28)29)22-16(26)11(5-6-30-4)20-17(27)12(8-14(23)24)21-15(25)10(3)19/h9-13H,5-8,19H2,1-4H3,(H,20,27)(H,21,25)(H,22,26)(H,23,24)(H,28,29). The third-order valence-corrected chi connectivity index (χ3v) is 4.63. The molecule has 30 heavy (non-hydrogen) atoms. The van der Waals surface area contributed by atoms with Gasteiger partial charge >= 0.3 is 11.9 Å². The third-order valence-electron chi connectivity index (χ3n) is 3.99. The van der Waals surface area contributed by atoms with Crippen LogP contribution in [-0.2, 0) is 24.0 Å². The first-order valence-electron chi connectivity index (χ1n) is 9.49. The van der Waals surface area contributed by atoms with Crippen molar-refractivity contribution in [2.24, 2.45) is 11.7 Å². The molecule has 0 aliphatic heterocycles. The van der Waals surface area contributed by atoms with E-state index in [1.807, 2.05) is 13.8 Å². The molecule has 0 aromatic heterocycles. The molecule has 0 fully saturated rings. The number of thioether (sulfide) groups is 1. The lowest BCUT2D eigenvalue weighted by atomic mass is 10.0. The van der Waals surface area contributed by atoms with Crippen LogP contribution in [0.5, 0.6) is 0 Å². The zero-order chi connectivity index (χ0) is 23.4. The van der Waals surface area contributed by atoms with Gasteiger partial charge in [0.1, 0.15) is 18.1 Å². The van der Waals surface area contributed by atoms with E-state index in [9.17, 15) is 29.1 Å². The fraction of sp³-hybridized carbons (Fsp3) is 0.722. The van der Waals surface area contributed by atoms with Crippen LogP contribution in [0.15, 0.2) is 0 Å². The molecule has 0 spiro atoms. The second kappa shape index (κ2) is 13.8. The molecule has 172 valence electrons. The number of carboxylic acid groups (broad SMARTS) is 2. The minimum atomic E-state index is -1.43. The first-order chi connectivity index (χ1) is 13.9. The van der Waals surface area contributed by atoms with Gasteiger partial charge in [-0.25, -0.2) is 4.79 Å². The van der Waals surface area contributed by atoms with Crippen molar-refractivity contribution in [3.05, 3.63) is 0 Å². The van der Waals surface area contributed by atoms with Crippen molar-refractivity contribution < 1.29 is 34.2 Å². The topological polar surface area (TPSA) is 188 Å². The second-order valence-electron chi connectivity index (χ2n) is 7.32. The van der Waals surface area contributed by atoms with Gasteiger partial charge in [0.05, 0.1) is 12.5 Å². The van der Waals surface area contributed by atoms with Gasteiger partial charge < -0.3 is 31.9 Å². The number of carbonyl (C=O) groups is 5. The van der Waals surface area contributed by atoms with Gasteiger partial charge in [-0.2, -0.15) is 11.8 Å². The molecule has 4 atom stereocenters. The maximum atomic E-state index is 12.6. The largest absolute Gasteiger partial charge is 0.481 e. The van der Waals surface area contributed by atoms with E-state index in [0.717, 1.165) is 0 Å². The van der Waals surface area contributed by atoms with E-state index in [0.29, 0.717) is 5.75 Å². The van der Waals surface area contributed by atoms with Crippen molar-refractivity contribution in [3.63, 3.8) is 0 Å². The molecule has 7 N–H and O–H groups in total. The summed E-state index contributed by atoms with van der Waals surface area (Å²) in [6, 6.07) is -4.62. The predicted molar refractivity (Wildman–Crippen MR) is 112 cm³/mol. The number of amides is 3. The van der Waals surface area contributed by atoms with E-state index in [1.54, 1.807) is 6.26 Å². The van der Waals surface area contributed by atoms with E-state index in [1.165, 1.54) is 18.7 Å². The van der Waals surface area contributed by atoms with Crippen molar-refractivity contribution >= 4 is 41.4 Å². The molecule has 12 heteroatoms. The normalized spacial score (nSPS) is 14.9. The Balaban J connectivity index is 5.39. The Hall–Kier alpha value is -2.34. The van der Waals surface area contributed by atoms with Gasteiger partial charge in [-0.05, 0) is 37.7 Å². The number of hydrogen-bond donors (Lipinski definition) is 6. The minimum absolute atomic E-state index is 0.0130. The molecule has 0 saturated carbocycles. The number of carboxylic acids is 2. The molecule has 0 aromatic rings. The second-order valence-corrected chi connectivity index (χ2v) is 8.30. The molecule has 11 nitrogen and oxygen atoms in total. The molecule has 0 bridgehead atoms. The summed E-state index contributed by atoms with van der Waals surface area (Å²) in [6.45, 7) is 5.00. The zero-order valence-corrected chi connectivity index (χ0v) is 18.5. The van der Waals surface area contributed by atoms with Gasteiger partial charge in [0.2, 0.25) is 17.7 Å². The third kappa shape index (κ3) is 11.0. The number of aliphatic carboxylic acids is 2. The lowest BCUT2D eigenvalue weighted by molar-refractivity contribution is -0.143. The number of rotatable bonds is 14. The number of carbonyl (C=O) groups excluding carboxylic acids is 3. The fourth-order valence-electron chi connectivity index (χ4n) is 2.43. The van der Waals surface area contributed by atoms with Gasteiger partial charge in [-0.1, -0.05) is 13.8 Å².